The van der Waals surface area contributed by atoms with E-state index in [0.29, 0.717) is 22.7 Å². The lowest BCUT2D eigenvalue weighted by molar-refractivity contribution is 0.0979. The molecule has 3 heterocycles. The summed E-state index contributed by atoms with van der Waals surface area (Å²) < 4.78 is 26.5. The number of hydrogen-bond acceptors (Lipinski definition) is 5. The molecule has 1 fully saturated rings. The summed E-state index contributed by atoms with van der Waals surface area (Å²) in [5.41, 5.74) is 2.06. The van der Waals surface area contributed by atoms with Gasteiger partial charge in [0.25, 0.3) is 5.91 Å². The minimum atomic E-state index is -3.16. The SMILES string of the molecule is O=C(c1ccc(Cl)cc1)N(c1ccc(-c2nnc3n2CCCCC3)cc1)C1CCS(=O)(=O)C1. The zero-order valence-corrected chi connectivity index (χ0v) is 19.7. The van der Waals surface area contributed by atoms with Gasteiger partial charge in [-0.1, -0.05) is 18.0 Å². The Morgan fingerprint density at radius 3 is 2.45 bits per heavy atom. The molecule has 5 rings (SSSR count). The quantitative estimate of drug-likeness (QED) is 0.555. The number of fused-ring (bicyclic) bond motifs is 1. The number of aromatic nitrogens is 3. The molecule has 33 heavy (non-hydrogen) atoms. The maximum absolute atomic E-state index is 13.5. The summed E-state index contributed by atoms with van der Waals surface area (Å²) in [7, 11) is -3.16. The van der Waals surface area contributed by atoms with Gasteiger partial charge in [0.05, 0.1) is 17.5 Å². The van der Waals surface area contributed by atoms with Crippen molar-refractivity contribution in [3.8, 4) is 11.4 Å². The molecule has 2 aliphatic heterocycles. The van der Waals surface area contributed by atoms with E-state index in [0.717, 1.165) is 43.0 Å². The average Bonchev–Trinajstić information content (AvgIpc) is 3.28. The van der Waals surface area contributed by atoms with Crippen molar-refractivity contribution >= 4 is 33.0 Å². The van der Waals surface area contributed by atoms with Gasteiger partial charge in [0, 0.05) is 34.8 Å². The maximum atomic E-state index is 13.5. The van der Waals surface area contributed by atoms with Gasteiger partial charge in [-0.3, -0.25) is 4.79 Å². The summed E-state index contributed by atoms with van der Waals surface area (Å²) in [6, 6.07) is 13.9. The Morgan fingerprint density at radius 2 is 1.76 bits per heavy atom. The first kappa shape index (κ1) is 22.1. The molecule has 9 heteroatoms. The van der Waals surface area contributed by atoms with Crippen LogP contribution in [0.5, 0.6) is 0 Å². The molecule has 1 atom stereocenters. The van der Waals surface area contributed by atoms with Crippen LogP contribution in [0, 0.1) is 0 Å². The molecule has 1 unspecified atom stereocenters. The highest BCUT2D eigenvalue weighted by atomic mass is 35.5. The van der Waals surface area contributed by atoms with E-state index in [1.807, 2.05) is 24.3 Å². The number of rotatable bonds is 4. The van der Waals surface area contributed by atoms with Gasteiger partial charge < -0.3 is 9.47 Å². The number of anilines is 1. The van der Waals surface area contributed by atoms with Gasteiger partial charge >= 0.3 is 0 Å². The number of aryl methyl sites for hydroxylation is 1. The van der Waals surface area contributed by atoms with Gasteiger partial charge in [0.1, 0.15) is 5.82 Å². The Labute approximate surface area is 198 Å². The number of halogens is 1. The number of hydrogen-bond donors (Lipinski definition) is 0. The maximum Gasteiger partial charge on any atom is 0.258 e. The fraction of sp³-hybridized carbons (Fsp3) is 0.375. The second-order valence-corrected chi connectivity index (χ2v) is 11.4. The van der Waals surface area contributed by atoms with E-state index in [2.05, 4.69) is 14.8 Å². The third kappa shape index (κ3) is 4.54. The summed E-state index contributed by atoms with van der Waals surface area (Å²) >= 11 is 5.99. The van der Waals surface area contributed by atoms with Crippen LogP contribution < -0.4 is 4.90 Å². The van der Waals surface area contributed by atoms with Crippen LogP contribution in [0.3, 0.4) is 0 Å². The molecular formula is C24H25ClN4O3S. The first-order valence-electron chi connectivity index (χ1n) is 11.2. The molecule has 3 aromatic rings. The highest BCUT2D eigenvalue weighted by molar-refractivity contribution is 7.91. The monoisotopic (exact) mass is 484 g/mol. The van der Waals surface area contributed by atoms with Gasteiger partial charge in [-0.2, -0.15) is 0 Å². The molecule has 0 N–H and O–H groups in total. The first-order chi connectivity index (χ1) is 15.9. The molecule has 2 aliphatic rings. The Hall–Kier alpha value is -2.71. The highest BCUT2D eigenvalue weighted by Gasteiger charge is 2.36. The highest BCUT2D eigenvalue weighted by Crippen LogP contribution is 2.30. The van der Waals surface area contributed by atoms with Gasteiger partial charge in [-0.15, -0.1) is 10.2 Å². The molecule has 1 aromatic heterocycles. The summed E-state index contributed by atoms with van der Waals surface area (Å²) in [6.45, 7) is 0.903. The van der Waals surface area contributed by atoms with Gasteiger partial charge in [0.15, 0.2) is 15.7 Å². The van der Waals surface area contributed by atoms with Gasteiger partial charge in [-0.25, -0.2) is 8.42 Å². The van der Waals surface area contributed by atoms with Crippen molar-refractivity contribution in [3.63, 3.8) is 0 Å². The number of benzene rings is 2. The topological polar surface area (TPSA) is 85.2 Å². The fourth-order valence-corrected chi connectivity index (χ4v) is 6.50. The van der Waals surface area contributed by atoms with E-state index >= 15 is 0 Å². The van der Waals surface area contributed by atoms with Crippen molar-refractivity contribution < 1.29 is 13.2 Å². The third-order valence-electron chi connectivity index (χ3n) is 6.40. The molecule has 1 saturated heterocycles. The largest absolute Gasteiger partial charge is 0.311 e. The number of carbonyl (C=O) groups excluding carboxylic acids is 1. The van der Waals surface area contributed by atoms with E-state index in [-0.39, 0.29) is 17.4 Å². The molecular weight excluding hydrogens is 460 g/mol. The number of carbonyl (C=O) groups is 1. The second-order valence-electron chi connectivity index (χ2n) is 8.69. The molecule has 0 aliphatic carbocycles. The smallest absolute Gasteiger partial charge is 0.258 e. The minimum absolute atomic E-state index is 0.0359. The van der Waals surface area contributed by atoms with Crippen LogP contribution in [0.15, 0.2) is 48.5 Å². The molecule has 7 nitrogen and oxygen atoms in total. The van der Waals surface area contributed by atoms with Crippen molar-refractivity contribution in [2.24, 2.45) is 0 Å². The first-order valence-corrected chi connectivity index (χ1v) is 13.4. The fourth-order valence-electron chi connectivity index (χ4n) is 4.67. The number of sulfone groups is 1. The van der Waals surface area contributed by atoms with Crippen molar-refractivity contribution in [1.29, 1.82) is 0 Å². The summed E-state index contributed by atoms with van der Waals surface area (Å²) in [6.07, 6.45) is 4.78. The van der Waals surface area contributed by atoms with Crippen LogP contribution in [0.25, 0.3) is 11.4 Å². The lowest BCUT2D eigenvalue weighted by Crippen LogP contribution is -2.41. The Morgan fingerprint density at radius 1 is 1.00 bits per heavy atom. The van der Waals surface area contributed by atoms with Crippen LogP contribution in [0.4, 0.5) is 5.69 Å². The van der Waals surface area contributed by atoms with Crippen LogP contribution in [-0.4, -0.2) is 46.6 Å². The van der Waals surface area contributed by atoms with E-state index in [1.54, 1.807) is 29.2 Å². The van der Waals surface area contributed by atoms with E-state index in [9.17, 15) is 13.2 Å². The van der Waals surface area contributed by atoms with Gasteiger partial charge in [0.2, 0.25) is 0 Å². The second kappa shape index (κ2) is 8.91. The summed E-state index contributed by atoms with van der Waals surface area (Å²) in [5, 5.41) is 9.33. The molecule has 2 aromatic carbocycles. The Kier molecular flexibility index (Phi) is 5.97. The predicted molar refractivity (Wildman–Crippen MR) is 128 cm³/mol. The van der Waals surface area contributed by atoms with Crippen molar-refractivity contribution in [1.82, 2.24) is 14.8 Å². The van der Waals surface area contributed by atoms with Gasteiger partial charge in [-0.05, 0) is 67.8 Å². The van der Waals surface area contributed by atoms with Crippen LogP contribution in [-0.2, 0) is 22.8 Å². The van der Waals surface area contributed by atoms with E-state index in [1.165, 1.54) is 6.42 Å². The van der Waals surface area contributed by atoms with Crippen molar-refractivity contribution in [2.75, 3.05) is 16.4 Å². The lowest BCUT2D eigenvalue weighted by Gasteiger charge is -2.28. The molecule has 0 radical (unpaired) electrons. The summed E-state index contributed by atoms with van der Waals surface area (Å²) in [4.78, 5) is 15.1. The molecule has 0 saturated carbocycles. The van der Waals surface area contributed by atoms with Crippen LogP contribution in [0.2, 0.25) is 5.02 Å². The predicted octanol–water partition coefficient (Wildman–Crippen LogP) is 4.16. The minimum Gasteiger partial charge on any atom is -0.311 e. The average molecular weight is 485 g/mol. The van der Waals surface area contributed by atoms with Crippen LogP contribution in [0.1, 0.15) is 41.9 Å². The molecule has 0 spiro atoms. The summed E-state index contributed by atoms with van der Waals surface area (Å²) in [5.74, 6) is 1.66. The Balaban J connectivity index is 1.49. The van der Waals surface area contributed by atoms with Crippen molar-refractivity contribution in [3.05, 3.63) is 64.9 Å². The standard InChI is InChI=1S/C24H25ClN4O3S/c25-19-9-5-18(6-10-19)24(30)29(21-13-15-33(31,32)16-21)20-11-7-17(8-12-20)23-27-26-22-4-2-1-3-14-28(22)23/h5-12,21H,1-4,13-16H2. The zero-order valence-electron chi connectivity index (χ0n) is 18.2. The zero-order chi connectivity index (χ0) is 23.0. The van der Waals surface area contributed by atoms with Crippen molar-refractivity contribution in [2.45, 2.75) is 44.7 Å². The third-order valence-corrected chi connectivity index (χ3v) is 8.40. The Bertz CT molecular complexity index is 1270. The van der Waals surface area contributed by atoms with E-state index < -0.39 is 15.9 Å². The molecule has 172 valence electrons. The molecule has 1 amide bonds. The normalized spacial score (nSPS) is 19.6. The molecule has 0 bridgehead atoms. The van der Waals surface area contributed by atoms with Crippen LogP contribution >= 0.6 is 11.6 Å². The number of amides is 1. The van der Waals surface area contributed by atoms with E-state index in [4.69, 9.17) is 11.6 Å². The lowest BCUT2D eigenvalue weighted by atomic mass is 10.1. The number of nitrogens with zero attached hydrogens (tertiary/aromatic N) is 4.